The van der Waals surface area contributed by atoms with Crippen LogP contribution in [0.4, 0.5) is 16.2 Å². The molecule has 0 spiro atoms. The van der Waals surface area contributed by atoms with Crippen molar-refractivity contribution >= 4 is 58.2 Å². The summed E-state index contributed by atoms with van der Waals surface area (Å²) < 4.78 is 6.31. The van der Waals surface area contributed by atoms with Crippen LogP contribution in [0.1, 0.15) is 24.0 Å². The molecule has 0 aliphatic heterocycles. The van der Waals surface area contributed by atoms with Gasteiger partial charge in [-0.25, -0.2) is 4.79 Å². The molecule has 0 aromatic heterocycles. The molecule has 0 radical (unpaired) electrons. The molecular formula is C29H33IN6O4. The van der Waals surface area contributed by atoms with Crippen LogP contribution in [0.5, 0.6) is 0 Å². The van der Waals surface area contributed by atoms with Gasteiger partial charge in [0.1, 0.15) is 18.9 Å². The van der Waals surface area contributed by atoms with E-state index in [-0.39, 0.29) is 24.9 Å². The van der Waals surface area contributed by atoms with E-state index in [0.29, 0.717) is 37.0 Å². The van der Waals surface area contributed by atoms with Gasteiger partial charge in [0.25, 0.3) is 0 Å². The average Bonchev–Trinajstić information content (AvgIpc) is 2.95. The Morgan fingerprint density at radius 1 is 0.975 bits per heavy atom. The van der Waals surface area contributed by atoms with Gasteiger partial charge in [0, 0.05) is 27.9 Å². The van der Waals surface area contributed by atoms with Gasteiger partial charge in [-0.2, -0.15) is 0 Å². The molecular weight excluding hydrogens is 623 g/mol. The summed E-state index contributed by atoms with van der Waals surface area (Å²) in [6.45, 7) is 0.467. The number of nitrogens with one attached hydrogen (secondary N) is 3. The number of benzene rings is 3. The second-order valence-corrected chi connectivity index (χ2v) is 10.2. The van der Waals surface area contributed by atoms with Gasteiger partial charge in [-0.1, -0.05) is 48.5 Å². The zero-order valence-electron chi connectivity index (χ0n) is 21.9. The molecule has 7 N–H and O–H groups in total. The van der Waals surface area contributed by atoms with Gasteiger partial charge < -0.3 is 36.9 Å². The smallest absolute Gasteiger partial charge is 0.408 e. The van der Waals surface area contributed by atoms with Gasteiger partial charge in [0.15, 0.2) is 5.96 Å². The lowest BCUT2D eigenvalue weighted by Gasteiger charge is -2.22. The maximum Gasteiger partial charge on any atom is 0.408 e. The van der Waals surface area contributed by atoms with Crippen LogP contribution in [0.2, 0.25) is 0 Å². The maximum absolute atomic E-state index is 13.3. The minimum Gasteiger partial charge on any atom is -0.445 e. The second-order valence-electron chi connectivity index (χ2n) is 8.95. The number of amides is 2. The molecule has 40 heavy (non-hydrogen) atoms. The molecule has 210 valence electrons. The number of carbonyl (C=O) groups excluding carboxylic acids is 3. The van der Waals surface area contributed by atoms with E-state index in [9.17, 15) is 14.4 Å². The van der Waals surface area contributed by atoms with E-state index in [0.717, 1.165) is 14.7 Å². The largest absolute Gasteiger partial charge is 0.445 e. The third-order valence-corrected chi connectivity index (χ3v) is 6.56. The highest BCUT2D eigenvalue weighted by Gasteiger charge is 2.21. The molecule has 2 unspecified atom stereocenters. The Kier molecular flexibility index (Phi) is 12.2. The number of guanidine groups is 1. The quantitative estimate of drug-likeness (QED) is 0.0580. The van der Waals surface area contributed by atoms with E-state index in [4.69, 9.17) is 16.2 Å². The first-order valence-electron chi connectivity index (χ1n) is 12.7. The third-order valence-electron chi connectivity index (χ3n) is 5.84. The van der Waals surface area contributed by atoms with Crippen LogP contribution in [0.15, 0.2) is 83.9 Å². The summed E-state index contributed by atoms with van der Waals surface area (Å²) >= 11 is 2.20. The molecule has 0 saturated carbocycles. The number of aldehydes is 1. The van der Waals surface area contributed by atoms with E-state index < -0.39 is 18.2 Å². The number of nitrogens with zero attached hydrogens (tertiary/aromatic N) is 1. The Balaban J connectivity index is 1.68. The predicted octanol–water partition coefficient (Wildman–Crippen LogP) is 3.80. The van der Waals surface area contributed by atoms with Crippen molar-refractivity contribution < 1.29 is 19.1 Å². The minimum atomic E-state index is -0.827. The molecule has 10 nitrogen and oxygen atoms in total. The topological polar surface area (TPSA) is 161 Å². The third kappa shape index (κ3) is 10.6. The Morgan fingerprint density at radius 3 is 2.38 bits per heavy atom. The standard InChI is InChI=1S/C29H33IN6O4/c30-22-12-14-23(15-13-22)34-27(38)26(11-6-16-33-28(31)32)36-25-10-5-4-9-21(25)17-24(18-37)35-29(39)40-19-20-7-2-1-3-8-20/h1-5,7-10,12-15,18,24,26,36H,6,11,16-17,19H2,(H,34,38)(H,35,39)(H4,31,32,33). The lowest BCUT2D eigenvalue weighted by atomic mass is 10.0. The molecule has 2 amide bonds. The molecule has 0 aliphatic carbocycles. The van der Waals surface area contributed by atoms with Crippen LogP contribution >= 0.6 is 22.6 Å². The average molecular weight is 657 g/mol. The van der Waals surface area contributed by atoms with Crippen molar-refractivity contribution in [3.63, 3.8) is 0 Å². The van der Waals surface area contributed by atoms with Crippen molar-refractivity contribution in [2.45, 2.75) is 38.0 Å². The van der Waals surface area contributed by atoms with Gasteiger partial charge in [0.05, 0.1) is 6.04 Å². The highest BCUT2D eigenvalue weighted by molar-refractivity contribution is 14.1. The highest BCUT2D eigenvalue weighted by atomic mass is 127. The zero-order chi connectivity index (χ0) is 28.7. The fourth-order valence-electron chi connectivity index (χ4n) is 3.85. The summed E-state index contributed by atoms with van der Waals surface area (Å²) in [5, 5.41) is 8.86. The van der Waals surface area contributed by atoms with Gasteiger partial charge in [0.2, 0.25) is 5.91 Å². The fourth-order valence-corrected chi connectivity index (χ4v) is 4.21. The Labute approximate surface area is 247 Å². The maximum atomic E-state index is 13.3. The number of ether oxygens (including phenoxy) is 1. The summed E-state index contributed by atoms with van der Waals surface area (Å²) in [4.78, 5) is 41.4. The Bertz CT molecular complexity index is 1280. The molecule has 3 aromatic carbocycles. The molecule has 0 fully saturated rings. The van der Waals surface area contributed by atoms with E-state index in [1.807, 2.05) is 78.9 Å². The molecule has 0 saturated heterocycles. The van der Waals surface area contributed by atoms with Gasteiger partial charge in [-0.05, 0) is 76.9 Å². The van der Waals surface area contributed by atoms with Crippen molar-refractivity contribution in [2.24, 2.45) is 16.5 Å². The van der Waals surface area contributed by atoms with E-state index in [1.54, 1.807) is 0 Å². The van der Waals surface area contributed by atoms with Gasteiger partial charge >= 0.3 is 6.09 Å². The predicted molar refractivity (Wildman–Crippen MR) is 165 cm³/mol. The van der Waals surface area contributed by atoms with Crippen molar-refractivity contribution in [1.29, 1.82) is 0 Å². The highest BCUT2D eigenvalue weighted by Crippen LogP contribution is 2.20. The van der Waals surface area contributed by atoms with Crippen LogP contribution < -0.4 is 27.4 Å². The molecule has 0 bridgehead atoms. The van der Waals surface area contributed by atoms with Gasteiger partial charge in [-0.3, -0.25) is 9.79 Å². The van der Waals surface area contributed by atoms with E-state index in [1.165, 1.54) is 0 Å². The molecule has 11 heteroatoms. The normalized spacial score (nSPS) is 11.9. The SMILES string of the molecule is NC(N)=NCCCC(Nc1ccccc1CC(C=O)NC(=O)OCc1ccccc1)C(=O)Nc1ccc(I)cc1. The summed E-state index contributed by atoms with van der Waals surface area (Å²) in [6.07, 6.45) is 1.18. The minimum absolute atomic E-state index is 0.00658. The number of hydrogen-bond donors (Lipinski definition) is 5. The van der Waals surface area contributed by atoms with Crippen LogP contribution in [-0.2, 0) is 27.4 Å². The number of halogens is 1. The van der Waals surface area contributed by atoms with Crippen molar-refractivity contribution in [1.82, 2.24) is 5.32 Å². The number of rotatable bonds is 14. The molecule has 2 atom stereocenters. The first-order valence-corrected chi connectivity index (χ1v) is 13.8. The zero-order valence-corrected chi connectivity index (χ0v) is 24.0. The van der Waals surface area contributed by atoms with E-state index in [2.05, 4.69) is 43.5 Å². The van der Waals surface area contributed by atoms with Crippen molar-refractivity contribution in [3.8, 4) is 0 Å². The van der Waals surface area contributed by atoms with Crippen LogP contribution in [0.25, 0.3) is 0 Å². The monoisotopic (exact) mass is 656 g/mol. The van der Waals surface area contributed by atoms with Crippen molar-refractivity contribution in [3.05, 3.63) is 93.6 Å². The first-order chi connectivity index (χ1) is 19.3. The number of aliphatic imine (C=N–C) groups is 1. The van der Waals surface area contributed by atoms with Crippen LogP contribution in [0, 0.1) is 3.57 Å². The molecule has 3 aromatic rings. The summed E-state index contributed by atoms with van der Waals surface area (Å²) in [7, 11) is 0. The lowest BCUT2D eigenvalue weighted by molar-refractivity contribution is -0.117. The number of para-hydroxylation sites is 1. The summed E-state index contributed by atoms with van der Waals surface area (Å²) in [6, 6.07) is 22.6. The molecule has 3 rings (SSSR count). The number of carbonyl (C=O) groups is 3. The summed E-state index contributed by atoms with van der Waals surface area (Å²) in [5.41, 5.74) is 13.8. The van der Waals surface area contributed by atoms with Crippen LogP contribution in [0.3, 0.4) is 0 Å². The van der Waals surface area contributed by atoms with E-state index >= 15 is 0 Å². The van der Waals surface area contributed by atoms with Crippen LogP contribution in [-0.4, -0.2) is 42.9 Å². The first kappa shape index (κ1) is 30.4. The molecule has 0 heterocycles. The van der Waals surface area contributed by atoms with Gasteiger partial charge in [-0.15, -0.1) is 0 Å². The Morgan fingerprint density at radius 2 is 1.68 bits per heavy atom. The Hall–Kier alpha value is -4.13. The number of hydrogen-bond acceptors (Lipinski definition) is 6. The summed E-state index contributed by atoms with van der Waals surface area (Å²) in [5.74, 6) is -0.233. The van der Waals surface area contributed by atoms with Crippen molar-refractivity contribution in [2.75, 3.05) is 17.2 Å². The molecule has 0 aliphatic rings. The number of nitrogens with two attached hydrogens (primary N) is 2. The number of alkyl carbamates (subject to hydrolysis) is 1. The number of anilines is 2. The lowest BCUT2D eigenvalue weighted by Crippen LogP contribution is -2.38. The second kappa shape index (κ2) is 16.1. The fraction of sp³-hybridized carbons (Fsp3) is 0.241.